The summed E-state index contributed by atoms with van der Waals surface area (Å²) in [6.45, 7) is -1.04. The number of carbonyl (C=O) groups excluding carboxylic acids is 1. The van der Waals surface area contributed by atoms with Crippen molar-refractivity contribution in [1.82, 2.24) is 15.0 Å². The quantitative estimate of drug-likeness (QED) is 0.707. The van der Waals surface area contributed by atoms with Crippen molar-refractivity contribution in [2.75, 3.05) is 11.1 Å². The second-order valence-electron chi connectivity index (χ2n) is 5.07. The molecule has 0 radical (unpaired) electrons. The van der Waals surface area contributed by atoms with Gasteiger partial charge in [0.15, 0.2) is 16.6 Å². The van der Waals surface area contributed by atoms with Crippen molar-refractivity contribution in [3.8, 4) is 17.0 Å². The molecule has 0 spiro atoms. The Morgan fingerprint density at radius 1 is 1.23 bits per heavy atom. The molecule has 0 saturated carbocycles. The molecule has 1 aromatic carbocycles. The maximum Gasteiger partial charge on any atom is 0.387 e. The molecule has 1 amide bonds. The van der Waals surface area contributed by atoms with Crippen LogP contribution < -0.4 is 15.8 Å². The van der Waals surface area contributed by atoms with Crippen LogP contribution >= 0.6 is 11.3 Å². The number of nitrogen functional groups attached to an aromatic ring is 1. The maximum atomic E-state index is 12.2. The number of benzene rings is 1. The fourth-order valence-electron chi connectivity index (χ4n) is 2.19. The summed E-state index contributed by atoms with van der Waals surface area (Å²) in [4.78, 5) is 25.2. The summed E-state index contributed by atoms with van der Waals surface area (Å²) in [6, 6.07) is 6.09. The molecule has 2 aromatic heterocycles. The first kappa shape index (κ1) is 17.7. The molecule has 0 unspecified atom stereocenters. The lowest BCUT2D eigenvalue weighted by Crippen LogP contribution is -2.16. The van der Waals surface area contributed by atoms with Crippen LogP contribution in [0.2, 0.25) is 0 Å². The third kappa shape index (κ3) is 3.91. The topological polar surface area (TPSA) is 103 Å². The molecule has 0 fully saturated rings. The van der Waals surface area contributed by atoms with E-state index in [9.17, 15) is 13.6 Å². The molecule has 3 aromatic rings. The molecular weight excluding hydrogens is 364 g/mol. The Morgan fingerprint density at radius 2 is 1.92 bits per heavy atom. The summed E-state index contributed by atoms with van der Waals surface area (Å²) in [5.74, 6) is -0.437. The first-order valence-corrected chi connectivity index (χ1v) is 8.16. The molecule has 0 aliphatic carbocycles. The maximum absolute atomic E-state index is 12.2. The zero-order valence-corrected chi connectivity index (χ0v) is 14.3. The van der Waals surface area contributed by atoms with Crippen LogP contribution in [0.15, 0.2) is 36.7 Å². The minimum Gasteiger partial charge on any atom is -0.435 e. The monoisotopic (exact) mass is 377 g/mol. The molecule has 0 bridgehead atoms. The summed E-state index contributed by atoms with van der Waals surface area (Å²) in [5, 5.41) is 2.99. The lowest BCUT2D eigenvalue weighted by Gasteiger charge is -2.05. The molecule has 0 aliphatic heterocycles. The number of alkyl halides is 2. The van der Waals surface area contributed by atoms with Crippen LogP contribution in [-0.4, -0.2) is 27.5 Å². The highest BCUT2D eigenvalue weighted by Crippen LogP contribution is 2.31. The van der Waals surface area contributed by atoms with Crippen LogP contribution in [-0.2, 0) is 0 Å². The molecular formula is C16H13F2N5O2S. The van der Waals surface area contributed by atoms with E-state index >= 15 is 0 Å². The van der Waals surface area contributed by atoms with Crippen molar-refractivity contribution < 1.29 is 18.3 Å². The number of halogens is 2. The van der Waals surface area contributed by atoms with Crippen molar-refractivity contribution >= 4 is 28.2 Å². The summed E-state index contributed by atoms with van der Waals surface area (Å²) in [7, 11) is 0. The van der Waals surface area contributed by atoms with E-state index in [1.807, 2.05) is 6.92 Å². The molecule has 2 heterocycles. The Morgan fingerprint density at radius 3 is 2.58 bits per heavy atom. The molecule has 10 heteroatoms. The summed E-state index contributed by atoms with van der Waals surface area (Å²) < 4.78 is 28.7. The van der Waals surface area contributed by atoms with Gasteiger partial charge in [-0.2, -0.15) is 8.78 Å². The van der Waals surface area contributed by atoms with Crippen LogP contribution in [0.1, 0.15) is 15.4 Å². The van der Waals surface area contributed by atoms with Gasteiger partial charge in [-0.3, -0.25) is 10.1 Å². The Kier molecular flexibility index (Phi) is 5.03. The highest BCUT2D eigenvalue weighted by atomic mass is 32.1. The second-order valence-corrected chi connectivity index (χ2v) is 6.27. The van der Waals surface area contributed by atoms with Crippen LogP contribution in [0, 0.1) is 6.92 Å². The van der Waals surface area contributed by atoms with Gasteiger partial charge in [0, 0.05) is 22.8 Å². The molecule has 3 rings (SSSR count). The number of carbonyl (C=O) groups is 1. The first-order chi connectivity index (χ1) is 12.4. The third-order valence-corrected chi connectivity index (χ3v) is 4.20. The van der Waals surface area contributed by atoms with E-state index in [2.05, 4.69) is 25.0 Å². The van der Waals surface area contributed by atoms with Gasteiger partial charge in [-0.15, -0.1) is 11.3 Å². The number of nitrogens with one attached hydrogen (secondary N) is 1. The van der Waals surface area contributed by atoms with Gasteiger partial charge in [0.1, 0.15) is 5.75 Å². The number of hydrogen-bond acceptors (Lipinski definition) is 7. The van der Waals surface area contributed by atoms with Crippen molar-refractivity contribution in [3.63, 3.8) is 0 Å². The van der Waals surface area contributed by atoms with Crippen molar-refractivity contribution in [3.05, 3.63) is 47.2 Å². The Bertz CT molecular complexity index is 931. The average molecular weight is 377 g/mol. The molecule has 3 N–H and O–H groups in total. The number of nitrogens with zero attached hydrogens (tertiary/aromatic N) is 3. The zero-order valence-electron chi connectivity index (χ0n) is 13.4. The van der Waals surface area contributed by atoms with Crippen LogP contribution in [0.25, 0.3) is 11.3 Å². The largest absolute Gasteiger partial charge is 0.435 e. The highest BCUT2D eigenvalue weighted by Gasteiger charge is 2.16. The Labute approximate surface area is 150 Å². The van der Waals surface area contributed by atoms with E-state index in [0.29, 0.717) is 16.4 Å². The number of ether oxygens (including phenoxy) is 1. The van der Waals surface area contributed by atoms with Crippen molar-refractivity contribution in [2.24, 2.45) is 0 Å². The number of aryl methyl sites for hydroxylation is 1. The number of thiazole rings is 1. The normalized spacial score (nSPS) is 10.8. The lowest BCUT2D eigenvalue weighted by atomic mass is 10.1. The molecule has 26 heavy (non-hydrogen) atoms. The van der Waals surface area contributed by atoms with Gasteiger partial charge in [-0.25, -0.2) is 15.0 Å². The minimum absolute atomic E-state index is 0.00963. The Hall–Kier alpha value is -3.14. The number of hydrogen-bond donors (Lipinski definition) is 2. The number of anilines is 2. The minimum atomic E-state index is -2.88. The van der Waals surface area contributed by atoms with E-state index in [1.165, 1.54) is 35.9 Å². The zero-order chi connectivity index (χ0) is 18.7. The van der Waals surface area contributed by atoms with E-state index in [-0.39, 0.29) is 17.3 Å². The van der Waals surface area contributed by atoms with Crippen LogP contribution in [0.5, 0.6) is 5.75 Å². The standard InChI is InChI=1S/C16H13F2N5O2S/c1-8-11(9-2-4-10(5-3-9)25-15(17)18)22-16(26-8)23-14(24)12-13(19)21-7-6-20-12/h2-7,15H,1H3,(H2,19,21)(H,22,23,24). The van der Waals surface area contributed by atoms with E-state index in [1.54, 1.807) is 12.1 Å². The van der Waals surface area contributed by atoms with Crippen LogP contribution in [0.3, 0.4) is 0 Å². The van der Waals surface area contributed by atoms with Crippen molar-refractivity contribution in [2.45, 2.75) is 13.5 Å². The van der Waals surface area contributed by atoms with Gasteiger partial charge in [-0.05, 0) is 31.2 Å². The third-order valence-electron chi connectivity index (χ3n) is 3.31. The Balaban J connectivity index is 1.79. The molecule has 0 saturated heterocycles. The van der Waals surface area contributed by atoms with Crippen LogP contribution in [0.4, 0.5) is 19.7 Å². The predicted octanol–water partition coefficient (Wildman–Crippen LogP) is 3.34. The summed E-state index contributed by atoms with van der Waals surface area (Å²) >= 11 is 1.27. The number of aromatic nitrogens is 3. The summed E-state index contributed by atoms with van der Waals surface area (Å²) in [5.41, 5.74) is 6.98. The summed E-state index contributed by atoms with van der Waals surface area (Å²) in [6.07, 6.45) is 2.76. The molecule has 7 nitrogen and oxygen atoms in total. The SMILES string of the molecule is Cc1sc(NC(=O)c2nccnc2N)nc1-c1ccc(OC(F)F)cc1. The molecule has 0 atom stereocenters. The van der Waals surface area contributed by atoms with Gasteiger partial charge >= 0.3 is 6.61 Å². The van der Waals surface area contributed by atoms with Gasteiger partial charge in [0.2, 0.25) is 0 Å². The van der Waals surface area contributed by atoms with Gasteiger partial charge in [0.05, 0.1) is 5.69 Å². The number of rotatable bonds is 5. The van der Waals surface area contributed by atoms with E-state index in [4.69, 9.17) is 5.73 Å². The fraction of sp³-hybridized carbons (Fsp3) is 0.125. The second kappa shape index (κ2) is 7.40. The molecule has 134 valence electrons. The molecule has 0 aliphatic rings. The average Bonchev–Trinajstić information content (AvgIpc) is 2.95. The van der Waals surface area contributed by atoms with Gasteiger partial charge in [-0.1, -0.05) is 0 Å². The smallest absolute Gasteiger partial charge is 0.387 e. The van der Waals surface area contributed by atoms with Crippen molar-refractivity contribution in [1.29, 1.82) is 0 Å². The van der Waals surface area contributed by atoms with Gasteiger partial charge in [0.25, 0.3) is 5.91 Å². The lowest BCUT2D eigenvalue weighted by molar-refractivity contribution is -0.0498. The number of nitrogens with two attached hydrogens (primary N) is 1. The highest BCUT2D eigenvalue weighted by molar-refractivity contribution is 7.16. The number of amides is 1. The fourth-order valence-corrected chi connectivity index (χ4v) is 3.02. The van der Waals surface area contributed by atoms with E-state index < -0.39 is 12.5 Å². The first-order valence-electron chi connectivity index (χ1n) is 7.34. The predicted molar refractivity (Wildman–Crippen MR) is 93.3 cm³/mol. The van der Waals surface area contributed by atoms with E-state index in [0.717, 1.165) is 4.88 Å². The van der Waals surface area contributed by atoms with Gasteiger partial charge < -0.3 is 10.5 Å².